The molecule has 3 rings (SSSR count). The molecular formula is C10H12FN5O4. The lowest BCUT2D eigenvalue weighted by molar-refractivity contribution is -0.117. The van der Waals surface area contributed by atoms with E-state index < -0.39 is 43.2 Å². The number of ether oxygens (including phenoxy) is 1. The summed E-state index contributed by atoms with van der Waals surface area (Å²) in [6, 6.07) is -0.969. The molecule has 4 N–H and O–H groups in total. The van der Waals surface area contributed by atoms with Gasteiger partial charge in [0.2, 0.25) is 5.96 Å². The second-order valence-corrected chi connectivity index (χ2v) is 4.54. The SMILES string of the molecule is NC1=NC(=O)[C@@H]2N=CN([C@H]3O[C@@H](CO)[C@H](O)[C@H]3F)C2=N1. The number of hydrogen-bond donors (Lipinski definition) is 3. The number of hydrogen-bond acceptors (Lipinski definition) is 8. The fourth-order valence-corrected chi connectivity index (χ4v) is 2.29. The van der Waals surface area contributed by atoms with E-state index in [1.54, 1.807) is 0 Å². The highest BCUT2D eigenvalue weighted by Crippen LogP contribution is 2.29. The molecule has 1 amide bonds. The van der Waals surface area contributed by atoms with Gasteiger partial charge in [-0.15, -0.1) is 0 Å². The summed E-state index contributed by atoms with van der Waals surface area (Å²) in [5.74, 6) is -0.746. The molecule has 0 spiro atoms. The zero-order valence-electron chi connectivity index (χ0n) is 10.1. The van der Waals surface area contributed by atoms with Crippen LogP contribution in [0.5, 0.6) is 0 Å². The van der Waals surface area contributed by atoms with Crippen molar-refractivity contribution in [2.24, 2.45) is 20.7 Å². The molecule has 0 aliphatic carbocycles. The Morgan fingerprint density at radius 2 is 2.25 bits per heavy atom. The number of amidine groups is 1. The van der Waals surface area contributed by atoms with Crippen LogP contribution in [-0.2, 0) is 9.53 Å². The summed E-state index contributed by atoms with van der Waals surface area (Å²) in [6.45, 7) is -0.526. The number of halogens is 1. The van der Waals surface area contributed by atoms with E-state index >= 15 is 0 Å². The third-order valence-electron chi connectivity index (χ3n) is 3.28. The smallest absolute Gasteiger partial charge is 0.281 e. The van der Waals surface area contributed by atoms with Crippen molar-refractivity contribution in [3.8, 4) is 0 Å². The molecule has 20 heavy (non-hydrogen) atoms. The lowest BCUT2D eigenvalue weighted by atomic mass is 10.1. The number of amides is 1. The number of carbonyl (C=O) groups is 1. The average molecular weight is 285 g/mol. The van der Waals surface area contributed by atoms with Gasteiger partial charge in [0.15, 0.2) is 24.3 Å². The van der Waals surface area contributed by atoms with Gasteiger partial charge in [0.25, 0.3) is 5.91 Å². The molecule has 0 aromatic rings. The highest BCUT2D eigenvalue weighted by molar-refractivity contribution is 6.21. The summed E-state index contributed by atoms with van der Waals surface area (Å²) in [4.78, 5) is 24.0. The Labute approximate surface area is 112 Å². The van der Waals surface area contributed by atoms with Crippen LogP contribution in [-0.4, -0.2) is 76.4 Å². The monoisotopic (exact) mass is 285 g/mol. The minimum absolute atomic E-state index is 0.0981. The number of nitrogens with two attached hydrogens (primary N) is 1. The largest absolute Gasteiger partial charge is 0.394 e. The van der Waals surface area contributed by atoms with E-state index in [1.165, 1.54) is 11.2 Å². The molecule has 5 atom stereocenters. The minimum atomic E-state index is -1.78. The number of aliphatic hydroxyl groups is 2. The Kier molecular flexibility index (Phi) is 3.00. The van der Waals surface area contributed by atoms with E-state index in [0.717, 1.165) is 0 Å². The molecule has 0 unspecified atom stereocenters. The average Bonchev–Trinajstić information content (AvgIpc) is 2.93. The summed E-state index contributed by atoms with van der Waals surface area (Å²) in [5, 5.41) is 18.6. The zero-order valence-corrected chi connectivity index (χ0v) is 10.1. The standard InChI is InChI=1S/C10H12FN5O4/c11-4-6(18)3(1-17)20-9(4)16-2-13-5-7(16)14-10(12)15-8(5)19/h2-6,9,17-18H,1H2,(H2,12,15,19)/t3-,4+,5+,6-,9-/m0/s1. The van der Waals surface area contributed by atoms with Gasteiger partial charge >= 0.3 is 0 Å². The van der Waals surface area contributed by atoms with Crippen molar-refractivity contribution in [2.45, 2.75) is 30.6 Å². The van der Waals surface area contributed by atoms with E-state index in [2.05, 4.69) is 15.0 Å². The first-order chi connectivity index (χ1) is 9.52. The molecule has 108 valence electrons. The molecule has 0 radical (unpaired) electrons. The van der Waals surface area contributed by atoms with Gasteiger partial charge in [-0.25, -0.2) is 4.39 Å². The molecule has 0 aromatic carbocycles. The Morgan fingerprint density at radius 3 is 2.90 bits per heavy atom. The van der Waals surface area contributed by atoms with Gasteiger partial charge in [-0.05, 0) is 0 Å². The van der Waals surface area contributed by atoms with Crippen LogP contribution in [0.3, 0.4) is 0 Å². The van der Waals surface area contributed by atoms with Crippen molar-refractivity contribution in [3.05, 3.63) is 0 Å². The molecule has 3 aliphatic heterocycles. The van der Waals surface area contributed by atoms with E-state index in [0.29, 0.717) is 0 Å². The third kappa shape index (κ3) is 1.80. The van der Waals surface area contributed by atoms with Crippen molar-refractivity contribution >= 4 is 24.0 Å². The van der Waals surface area contributed by atoms with Gasteiger partial charge in [0.1, 0.15) is 12.2 Å². The lowest BCUT2D eigenvalue weighted by Crippen LogP contribution is -2.48. The first-order valence-corrected chi connectivity index (χ1v) is 5.89. The molecular weight excluding hydrogens is 273 g/mol. The van der Waals surface area contributed by atoms with Crippen LogP contribution >= 0.6 is 0 Å². The third-order valence-corrected chi connectivity index (χ3v) is 3.28. The Bertz CT molecular complexity index is 536. The van der Waals surface area contributed by atoms with Gasteiger partial charge in [0.05, 0.1) is 12.9 Å². The summed E-state index contributed by atoms with van der Waals surface area (Å²) < 4.78 is 19.3. The Morgan fingerprint density at radius 1 is 1.50 bits per heavy atom. The van der Waals surface area contributed by atoms with Crippen molar-refractivity contribution < 1.29 is 24.1 Å². The lowest BCUT2D eigenvalue weighted by Gasteiger charge is -2.26. The van der Waals surface area contributed by atoms with Crippen LogP contribution in [0.25, 0.3) is 0 Å². The van der Waals surface area contributed by atoms with E-state index in [4.69, 9.17) is 15.6 Å². The number of rotatable bonds is 2. The van der Waals surface area contributed by atoms with E-state index in [1.807, 2.05) is 0 Å². The molecule has 1 fully saturated rings. The molecule has 10 heteroatoms. The number of guanidine groups is 1. The van der Waals surface area contributed by atoms with Crippen LogP contribution in [0.15, 0.2) is 15.0 Å². The maximum Gasteiger partial charge on any atom is 0.281 e. The van der Waals surface area contributed by atoms with Gasteiger partial charge in [0, 0.05) is 0 Å². The topological polar surface area (TPSA) is 133 Å². The number of aliphatic hydroxyl groups excluding tert-OH is 2. The molecule has 0 aromatic heterocycles. The highest BCUT2D eigenvalue weighted by Gasteiger charge is 2.50. The first kappa shape index (κ1) is 13.1. The number of fused-ring (bicyclic) bond motifs is 1. The molecule has 0 bridgehead atoms. The predicted molar refractivity (Wildman–Crippen MR) is 64.8 cm³/mol. The van der Waals surface area contributed by atoms with Crippen molar-refractivity contribution in [3.63, 3.8) is 0 Å². The molecule has 1 saturated heterocycles. The fraction of sp³-hybridized carbons (Fsp3) is 0.600. The van der Waals surface area contributed by atoms with Gasteiger partial charge in [-0.3, -0.25) is 14.7 Å². The second kappa shape index (κ2) is 4.58. The zero-order chi connectivity index (χ0) is 14.4. The fourth-order valence-electron chi connectivity index (χ4n) is 2.29. The summed E-state index contributed by atoms with van der Waals surface area (Å²) in [6.07, 6.45) is -4.33. The molecule has 0 saturated carbocycles. The molecule has 3 heterocycles. The number of carbonyl (C=O) groups excluding carboxylic acids is 1. The number of nitrogens with zero attached hydrogens (tertiary/aromatic N) is 4. The number of aliphatic imine (C=N–C) groups is 3. The summed E-state index contributed by atoms with van der Waals surface area (Å²) in [7, 11) is 0. The van der Waals surface area contributed by atoms with E-state index in [9.17, 15) is 14.3 Å². The summed E-state index contributed by atoms with van der Waals surface area (Å²) >= 11 is 0. The second-order valence-electron chi connectivity index (χ2n) is 4.54. The van der Waals surface area contributed by atoms with E-state index in [-0.39, 0.29) is 11.8 Å². The van der Waals surface area contributed by atoms with Gasteiger partial charge < -0.3 is 20.7 Å². The van der Waals surface area contributed by atoms with Gasteiger partial charge in [-0.1, -0.05) is 0 Å². The Balaban J connectivity index is 1.87. The first-order valence-electron chi connectivity index (χ1n) is 5.89. The maximum atomic E-state index is 14.0. The predicted octanol–water partition coefficient (Wildman–Crippen LogP) is -2.63. The van der Waals surface area contributed by atoms with Crippen LogP contribution in [0.2, 0.25) is 0 Å². The van der Waals surface area contributed by atoms with Crippen molar-refractivity contribution in [2.75, 3.05) is 6.61 Å². The minimum Gasteiger partial charge on any atom is -0.394 e. The maximum absolute atomic E-state index is 14.0. The Hall–Kier alpha value is -1.91. The van der Waals surface area contributed by atoms with Gasteiger partial charge in [-0.2, -0.15) is 9.98 Å². The van der Waals surface area contributed by atoms with Crippen LogP contribution in [0.4, 0.5) is 4.39 Å². The normalized spacial score (nSPS) is 39.9. The van der Waals surface area contributed by atoms with Crippen molar-refractivity contribution in [1.29, 1.82) is 0 Å². The van der Waals surface area contributed by atoms with Crippen LogP contribution in [0, 0.1) is 0 Å². The summed E-state index contributed by atoms with van der Waals surface area (Å²) in [5.41, 5.74) is 5.39. The van der Waals surface area contributed by atoms with Crippen molar-refractivity contribution in [1.82, 2.24) is 4.90 Å². The quantitative estimate of drug-likeness (QED) is 0.508. The van der Waals surface area contributed by atoms with Crippen LogP contribution < -0.4 is 5.73 Å². The highest BCUT2D eigenvalue weighted by atomic mass is 19.1. The number of alkyl halides is 1. The molecule has 9 nitrogen and oxygen atoms in total. The van der Waals surface area contributed by atoms with Crippen LogP contribution in [0.1, 0.15) is 0 Å². The molecule has 3 aliphatic rings.